The number of carbonyl (C=O) groups excluding carboxylic acids is 2. The summed E-state index contributed by atoms with van der Waals surface area (Å²) in [5.41, 5.74) is 5.45. The Morgan fingerprint density at radius 3 is 2.21 bits per heavy atom. The van der Waals surface area contributed by atoms with Crippen molar-refractivity contribution in [3.05, 3.63) is 54.3 Å². The molecule has 0 bridgehead atoms. The van der Waals surface area contributed by atoms with Gasteiger partial charge in [0.1, 0.15) is 30.0 Å². The van der Waals surface area contributed by atoms with Gasteiger partial charge in [-0.25, -0.2) is 17.6 Å². The summed E-state index contributed by atoms with van der Waals surface area (Å²) in [7, 11) is -2.63. The highest BCUT2D eigenvalue weighted by atomic mass is 32.2. The van der Waals surface area contributed by atoms with Crippen LogP contribution < -0.4 is 10.5 Å². The highest BCUT2D eigenvalue weighted by Gasteiger charge is 2.40. The van der Waals surface area contributed by atoms with Gasteiger partial charge in [0, 0.05) is 26.7 Å². The van der Waals surface area contributed by atoms with Crippen molar-refractivity contribution in [1.82, 2.24) is 9.21 Å². The van der Waals surface area contributed by atoms with Gasteiger partial charge in [0.2, 0.25) is 15.9 Å². The molecule has 0 unspecified atom stereocenters. The number of hydrogen-bond acceptors (Lipinski definition) is 7. The molecule has 0 saturated carbocycles. The molecule has 2 N–H and O–H groups in total. The standard InChI is InChI=1S/C21H24FN3O7S/c1-30-12-13-31-21(27)24-10-11-25(19(14-24)20(23)26)33(28,29)18-8-6-17(7-9-18)32-16-4-2-15(22)3-5-16/h2-9,19H,10-14H2,1H3,(H2,23,26)/t19-/m1/s1. The first-order valence-electron chi connectivity index (χ1n) is 9.97. The molecular weight excluding hydrogens is 457 g/mol. The minimum absolute atomic E-state index is 0.0284. The van der Waals surface area contributed by atoms with Crippen LogP contribution in [-0.2, 0) is 24.3 Å². The van der Waals surface area contributed by atoms with E-state index in [9.17, 15) is 22.4 Å². The van der Waals surface area contributed by atoms with Gasteiger partial charge >= 0.3 is 6.09 Å². The highest BCUT2D eigenvalue weighted by molar-refractivity contribution is 7.89. The molecule has 2 aromatic rings. The fourth-order valence-electron chi connectivity index (χ4n) is 3.21. The minimum atomic E-state index is -4.09. The lowest BCUT2D eigenvalue weighted by molar-refractivity contribution is -0.123. The number of halogens is 1. The Hall–Kier alpha value is -3.22. The largest absolute Gasteiger partial charge is 0.457 e. The maximum absolute atomic E-state index is 13.2. The van der Waals surface area contributed by atoms with E-state index in [1.807, 2.05) is 0 Å². The van der Waals surface area contributed by atoms with E-state index in [1.54, 1.807) is 0 Å². The Bertz CT molecular complexity index is 1080. The first-order valence-corrected chi connectivity index (χ1v) is 11.4. The topological polar surface area (TPSA) is 128 Å². The summed E-state index contributed by atoms with van der Waals surface area (Å²) in [5, 5.41) is 0. The Balaban J connectivity index is 1.72. The number of amides is 2. The lowest BCUT2D eigenvalue weighted by atomic mass is 10.2. The van der Waals surface area contributed by atoms with Gasteiger partial charge < -0.3 is 24.8 Å². The quantitative estimate of drug-likeness (QED) is 0.567. The first-order chi connectivity index (χ1) is 15.7. The molecule has 33 heavy (non-hydrogen) atoms. The Morgan fingerprint density at radius 1 is 1.03 bits per heavy atom. The summed E-state index contributed by atoms with van der Waals surface area (Å²) in [5.74, 6) is -0.565. The van der Waals surface area contributed by atoms with Crippen molar-refractivity contribution in [2.24, 2.45) is 5.73 Å². The number of methoxy groups -OCH3 is 1. The van der Waals surface area contributed by atoms with Gasteiger partial charge in [0.25, 0.3) is 0 Å². The SMILES string of the molecule is COCCOC(=O)N1CCN(S(=O)(=O)c2ccc(Oc3ccc(F)cc3)cc2)[C@@H](C(N)=O)C1. The van der Waals surface area contributed by atoms with Crippen LogP contribution in [0.1, 0.15) is 0 Å². The number of nitrogens with two attached hydrogens (primary N) is 1. The smallest absolute Gasteiger partial charge is 0.409 e. The zero-order chi connectivity index (χ0) is 24.0. The zero-order valence-electron chi connectivity index (χ0n) is 17.8. The molecule has 1 heterocycles. The number of hydrogen-bond donors (Lipinski definition) is 1. The Kier molecular flexibility index (Phi) is 7.84. The van der Waals surface area contributed by atoms with Crippen molar-refractivity contribution in [2.75, 3.05) is 40.0 Å². The molecule has 2 aromatic carbocycles. The van der Waals surface area contributed by atoms with Crippen LogP contribution in [0.2, 0.25) is 0 Å². The predicted molar refractivity (Wildman–Crippen MR) is 115 cm³/mol. The van der Waals surface area contributed by atoms with E-state index in [0.29, 0.717) is 11.5 Å². The minimum Gasteiger partial charge on any atom is -0.457 e. The number of carbonyl (C=O) groups is 2. The van der Waals surface area contributed by atoms with Gasteiger partial charge in [-0.2, -0.15) is 4.31 Å². The van der Waals surface area contributed by atoms with Gasteiger partial charge in [0.15, 0.2) is 0 Å². The van der Waals surface area contributed by atoms with Gasteiger partial charge in [-0.3, -0.25) is 4.79 Å². The summed E-state index contributed by atoms with van der Waals surface area (Å²) < 4.78 is 55.8. The summed E-state index contributed by atoms with van der Waals surface area (Å²) >= 11 is 0. The van der Waals surface area contributed by atoms with E-state index in [1.165, 1.54) is 60.5 Å². The molecule has 1 saturated heterocycles. The number of benzene rings is 2. The van der Waals surface area contributed by atoms with E-state index in [0.717, 1.165) is 4.31 Å². The fraction of sp³-hybridized carbons (Fsp3) is 0.333. The third-order valence-electron chi connectivity index (χ3n) is 4.91. The van der Waals surface area contributed by atoms with Crippen LogP contribution in [0.3, 0.4) is 0 Å². The van der Waals surface area contributed by atoms with Crippen LogP contribution >= 0.6 is 0 Å². The van der Waals surface area contributed by atoms with Crippen LogP contribution in [0.4, 0.5) is 9.18 Å². The maximum atomic E-state index is 13.2. The molecule has 1 fully saturated rings. The van der Waals surface area contributed by atoms with E-state index in [2.05, 4.69) is 0 Å². The van der Waals surface area contributed by atoms with Crippen molar-refractivity contribution in [1.29, 1.82) is 0 Å². The molecule has 10 nitrogen and oxygen atoms in total. The van der Waals surface area contributed by atoms with Gasteiger partial charge in [-0.1, -0.05) is 0 Å². The lowest BCUT2D eigenvalue weighted by Crippen LogP contribution is -2.60. The van der Waals surface area contributed by atoms with Crippen LogP contribution in [0.5, 0.6) is 11.5 Å². The summed E-state index contributed by atoms with van der Waals surface area (Å²) in [6.45, 7) is -0.0997. The van der Waals surface area contributed by atoms with Gasteiger partial charge in [-0.15, -0.1) is 0 Å². The molecular formula is C21H24FN3O7S. The average Bonchev–Trinajstić information content (AvgIpc) is 2.80. The zero-order valence-corrected chi connectivity index (χ0v) is 18.7. The normalized spacial score (nSPS) is 16.9. The number of primary amides is 1. The van der Waals surface area contributed by atoms with E-state index < -0.39 is 33.9 Å². The maximum Gasteiger partial charge on any atom is 0.409 e. The molecule has 0 aromatic heterocycles. The third kappa shape index (κ3) is 5.97. The number of ether oxygens (including phenoxy) is 3. The molecule has 178 valence electrons. The Labute approximate surface area is 190 Å². The Morgan fingerprint density at radius 2 is 1.64 bits per heavy atom. The van der Waals surface area contributed by atoms with Crippen LogP contribution in [-0.4, -0.2) is 75.6 Å². The second kappa shape index (κ2) is 10.6. The van der Waals surface area contributed by atoms with Crippen molar-refractivity contribution in [3.8, 4) is 11.5 Å². The summed E-state index contributed by atoms with van der Waals surface area (Å²) in [6, 6.07) is 9.66. The first kappa shape index (κ1) is 24.4. The molecule has 1 aliphatic heterocycles. The molecule has 0 spiro atoms. The van der Waals surface area contributed by atoms with E-state index in [-0.39, 0.29) is 37.7 Å². The predicted octanol–water partition coefficient (Wildman–Crippen LogP) is 1.56. The molecule has 0 aliphatic carbocycles. The molecule has 3 rings (SSSR count). The molecule has 1 aliphatic rings. The molecule has 12 heteroatoms. The van der Waals surface area contributed by atoms with Gasteiger partial charge in [0.05, 0.1) is 11.5 Å². The van der Waals surface area contributed by atoms with E-state index >= 15 is 0 Å². The monoisotopic (exact) mass is 481 g/mol. The molecule has 0 radical (unpaired) electrons. The second-order valence-electron chi connectivity index (χ2n) is 7.11. The highest BCUT2D eigenvalue weighted by Crippen LogP contribution is 2.26. The fourth-order valence-corrected chi connectivity index (χ4v) is 4.79. The molecule has 1 atom stereocenters. The summed E-state index contributed by atoms with van der Waals surface area (Å²) in [4.78, 5) is 25.4. The van der Waals surface area contributed by atoms with Crippen LogP contribution in [0.15, 0.2) is 53.4 Å². The average molecular weight is 482 g/mol. The van der Waals surface area contributed by atoms with Crippen LogP contribution in [0.25, 0.3) is 0 Å². The number of rotatable bonds is 8. The van der Waals surface area contributed by atoms with Crippen molar-refractivity contribution >= 4 is 22.0 Å². The van der Waals surface area contributed by atoms with Crippen LogP contribution in [0, 0.1) is 5.82 Å². The molecule has 2 amide bonds. The summed E-state index contributed by atoms with van der Waals surface area (Å²) in [6.07, 6.45) is -0.683. The van der Waals surface area contributed by atoms with Gasteiger partial charge in [-0.05, 0) is 48.5 Å². The lowest BCUT2D eigenvalue weighted by Gasteiger charge is -2.38. The van der Waals surface area contributed by atoms with Crippen molar-refractivity contribution in [2.45, 2.75) is 10.9 Å². The number of sulfonamides is 1. The number of nitrogens with zero attached hydrogens (tertiary/aromatic N) is 2. The number of piperazine rings is 1. The van der Waals surface area contributed by atoms with Crippen molar-refractivity contribution < 1.29 is 36.6 Å². The third-order valence-corrected chi connectivity index (χ3v) is 6.83. The second-order valence-corrected chi connectivity index (χ2v) is 9.01. The van der Waals surface area contributed by atoms with Crippen molar-refractivity contribution in [3.63, 3.8) is 0 Å². The van der Waals surface area contributed by atoms with E-state index in [4.69, 9.17) is 19.9 Å².